The molecule has 4 nitrogen and oxygen atoms in total. The number of hydrogen-bond donors (Lipinski definition) is 0. The van der Waals surface area contributed by atoms with Crippen molar-refractivity contribution in [3.05, 3.63) is 42.5 Å². The first-order chi connectivity index (χ1) is 10.3. The van der Waals surface area contributed by atoms with E-state index in [4.69, 9.17) is 9.15 Å². The van der Waals surface area contributed by atoms with Gasteiger partial charge in [0.2, 0.25) is 0 Å². The number of rotatable bonds is 3. The molecule has 1 aliphatic rings. The van der Waals surface area contributed by atoms with Crippen LogP contribution in [-0.4, -0.2) is 30.5 Å². The highest BCUT2D eigenvalue weighted by Crippen LogP contribution is 2.31. The maximum Gasteiger partial charge on any atom is 0.260 e. The van der Waals surface area contributed by atoms with Crippen LogP contribution in [0, 0.1) is 0 Å². The van der Waals surface area contributed by atoms with Crippen LogP contribution in [0.15, 0.2) is 46.9 Å². The highest BCUT2D eigenvalue weighted by molar-refractivity contribution is 6.05. The van der Waals surface area contributed by atoms with E-state index < -0.39 is 0 Å². The number of para-hydroxylation sites is 1. The Labute approximate surface area is 121 Å². The molecule has 2 heterocycles. The molecule has 1 aliphatic heterocycles. The third-order valence-electron chi connectivity index (χ3n) is 3.92. The van der Waals surface area contributed by atoms with Gasteiger partial charge in [0.1, 0.15) is 16.9 Å². The van der Waals surface area contributed by atoms with Crippen molar-refractivity contribution in [3.8, 4) is 5.75 Å². The third-order valence-corrected chi connectivity index (χ3v) is 3.92. The van der Waals surface area contributed by atoms with Crippen molar-refractivity contribution in [2.75, 3.05) is 19.7 Å². The van der Waals surface area contributed by atoms with Crippen molar-refractivity contribution < 1.29 is 13.9 Å². The molecule has 4 heteroatoms. The lowest BCUT2D eigenvalue weighted by atomic mass is 10.1. The Hall–Kier alpha value is -2.49. The number of amides is 1. The highest BCUT2D eigenvalue weighted by Gasteiger charge is 2.20. The van der Waals surface area contributed by atoms with Crippen LogP contribution in [0.25, 0.3) is 21.9 Å². The summed E-state index contributed by atoms with van der Waals surface area (Å²) < 4.78 is 11.4. The predicted octanol–water partition coefficient (Wildman–Crippen LogP) is 3.20. The first-order valence-electron chi connectivity index (χ1n) is 7.13. The zero-order chi connectivity index (χ0) is 14.2. The summed E-state index contributed by atoms with van der Waals surface area (Å²) in [6.07, 6.45) is 1.10. The molecule has 1 aromatic heterocycles. The molecule has 1 fully saturated rings. The molecule has 0 spiro atoms. The third kappa shape index (κ3) is 2.13. The summed E-state index contributed by atoms with van der Waals surface area (Å²) >= 11 is 0. The molecule has 21 heavy (non-hydrogen) atoms. The average Bonchev–Trinajstić information content (AvgIpc) is 2.81. The van der Waals surface area contributed by atoms with Crippen LogP contribution in [0.5, 0.6) is 5.75 Å². The van der Waals surface area contributed by atoms with E-state index in [1.807, 2.05) is 47.4 Å². The molecule has 106 valence electrons. The summed E-state index contributed by atoms with van der Waals surface area (Å²) in [5.74, 6) is 0.751. The normalized spacial score (nSPS) is 14.4. The minimum Gasteiger partial charge on any atom is -0.484 e. The van der Waals surface area contributed by atoms with Gasteiger partial charge in [0.05, 0.1) is 0 Å². The molecule has 0 atom stereocenters. The second-order valence-electron chi connectivity index (χ2n) is 5.28. The second-order valence-corrected chi connectivity index (χ2v) is 5.28. The summed E-state index contributed by atoms with van der Waals surface area (Å²) in [5, 5.41) is 2.08. The fourth-order valence-electron chi connectivity index (χ4n) is 2.60. The van der Waals surface area contributed by atoms with E-state index >= 15 is 0 Å². The SMILES string of the molecule is O=C(COc1ccc2oc3ccccc3c2c1)N1CCC1. The summed E-state index contributed by atoms with van der Waals surface area (Å²) in [7, 11) is 0. The standard InChI is InChI=1S/C17H15NO3/c19-17(18-8-3-9-18)11-20-12-6-7-16-14(10-12)13-4-1-2-5-15(13)21-16/h1-2,4-7,10H,3,8-9,11H2. The smallest absolute Gasteiger partial charge is 0.260 e. The molecule has 3 aromatic rings. The molecule has 1 saturated heterocycles. The number of hydrogen-bond acceptors (Lipinski definition) is 3. The lowest BCUT2D eigenvalue weighted by Crippen LogP contribution is -2.44. The van der Waals surface area contributed by atoms with E-state index in [2.05, 4.69) is 0 Å². The first kappa shape index (κ1) is 12.3. The number of furan rings is 1. The summed E-state index contributed by atoms with van der Waals surface area (Å²) in [6, 6.07) is 13.6. The van der Waals surface area contributed by atoms with Gasteiger partial charge in [-0.2, -0.15) is 0 Å². The van der Waals surface area contributed by atoms with Gasteiger partial charge in [-0.25, -0.2) is 0 Å². The van der Waals surface area contributed by atoms with Gasteiger partial charge in [0.15, 0.2) is 6.61 Å². The molecule has 0 bridgehead atoms. The zero-order valence-electron chi connectivity index (χ0n) is 11.5. The van der Waals surface area contributed by atoms with Crippen LogP contribution >= 0.6 is 0 Å². The number of nitrogens with zero attached hydrogens (tertiary/aromatic N) is 1. The maximum atomic E-state index is 11.8. The van der Waals surface area contributed by atoms with Crippen LogP contribution in [0.3, 0.4) is 0 Å². The highest BCUT2D eigenvalue weighted by atomic mass is 16.5. The van der Waals surface area contributed by atoms with Crippen molar-refractivity contribution >= 4 is 27.8 Å². The fourth-order valence-corrected chi connectivity index (χ4v) is 2.60. The van der Waals surface area contributed by atoms with Crippen molar-refractivity contribution in [2.24, 2.45) is 0 Å². The molecule has 0 aliphatic carbocycles. The molecule has 1 amide bonds. The van der Waals surface area contributed by atoms with E-state index in [0.717, 1.165) is 41.4 Å². The molecule has 0 unspecified atom stereocenters. The Morgan fingerprint density at radius 3 is 2.71 bits per heavy atom. The fraction of sp³-hybridized carbons (Fsp3) is 0.235. The Morgan fingerprint density at radius 1 is 1.10 bits per heavy atom. The van der Waals surface area contributed by atoms with Crippen molar-refractivity contribution in [2.45, 2.75) is 6.42 Å². The van der Waals surface area contributed by atoms with Gasteiger partial charge in [-0.3, -0.25) is 4.79 Å². The Bertz CT molecular complexity index is 817. The van der Waals surface area contributed by atoms with E-state index in [1.165, 1.54) is 0 Å². The number of likely N-dealkylation sites (tertiary alicyclic amines) is 1. The molecular weight excluding hydrogens is 266 g/mol. The zero-order valence-corrected chi connectivity index (χ0v) is 11.5. The Morgan fingerprint density at radius 2 is 1.90 bits per heavy atom. The summed E-state index contributed by atoms with van der Waals surface area (Å²) in [6.45, 7) is 1.81. The van der Waals surface area contributed by atoms with E-state index in [9.17, 15) is 4.79 Å². The topological polar surface area (TPSA) is 42.7 Å². The van der Waals surface area contributed by atoms with E-state index in [1.54, 1.807) is 0 Å². The van der Waals surface area contributed by atoms with Crippen molar-refractivity contribution in [1.29, 1.82) is 0 Å². The van der Waals surface area contributed by atoms with Gasteiger partial charge in [-0.15, -0.1) is 0 Å². The number of ether oxygens (including phenoxy) is 1. The minimum absolute atomic E-state index is 0.0541. The van der Waals surface area contributed by atoms with E-state index in [-0.39, 0.29) is 12.5 Å². The van der Waals surface area contributed by atoms with Crippen molar-refractivity contribution in [1.82, 2.24) is 4.90 Å². The first-order valence-corrected chi connectivity index (χ1v) is 7.13. The van der Waals surface area contributed by atoms with Gasteiger partial charge >= 0.3 is 0 Å². The number of fused-ring (bicyclic) bond motifs is 3. The molecule has 0 saturated carbocycles. The summed E-state index contributed by atoms with van der Waals surface area (Å²) in [4.78, 5) is 13.6. The average molecular weight is 281 g/mol. The summed E-state index contributed by atoms with van der Waals surface area (Å²) in [5.41, 5.74) is 1.69. The largest absolute Gasteiger partial charge is 0.484 e. The predicted molar refractivity (Wildman–Crippen MR) is 80.4 cm³/mol. The molecule has 0 radical (unpaired) electrons. The number of carbonyl (C=O) groups excluding carboxylic acids is 1. The Balaban J connectivity index is 1.60. The van der Waals surface area contributed by atoms with Crippen LogP contribution in [0.1, 0.15) is 6.42 Å². The number of carbonyl (C=O) groups is 1. The molecular formula is C17H15NO3. The van der Waals surface area contributed by atoms with Crippen LogP contribution < -0.4 is 4.74 Å². The van der Waals surface area contributed by atoms with Crippen LogP contribution in [0.2, 0.25) is 0 Å². The lowest BCUT2D eigenvalue weighted by molar-refractivity contribution is -0.136. The van der Waals surface area contributed by atoms with Gasteiger partial charge in [-0.1, -0.05) is 18.2 Å². The lowest BCUT2D eigenvalue weighted by Gasteiger charge is -2.30. The second kappa shape index (κ2) is 4.81. The van der Waals surface area contributed by atoms with Gasteiger partial charge < -0.3 is 14.1 Å². The minimum atomic E-state index is 0.0541. The van der Waals surface area contributed by atoms with Crippen molar-refractivity contribution in [3.63, 3.8) is 0 Å². The Kier molecular flexibility index (Phi) is 2.81. The van der Waals surface area contributed by atoms with Gasteiger partial charge in [0.25, 0.3) is 5.91 Å². The van der Waals surface area contributed by atoms with Gasteiger partial charge in [-0.05, 0) is 30.7 Å². The number of benzene rings is 2. The molecule has 0 N–H and O–H groups in total. The van der Waals surface area contributed by atoms with Gasteiger partial charge in [0, 0.05) is 23.9 Å². The molecule has 2 aromatic carbocycles. The quantitative estimate of drug-likeness (QED) is 0.740. The monoisotopic (exact) mass is 281 g/mol. The van der Waals surface area contributed by atoms with E-state index in [0.29, 0.717) is 5.75 Å². The molecule has 4 rings (SSSR count). The van der Waals surface area contributed by atoms with Crippen LogP contribution in [-0.2, 0) is 4.79 Å². The maximum absolute atomic E-state index is 11.8. The van der Waals surface area contributed by atoms with Crippen LogP contribution in [0.4, 0.5) is 0 Å².